The van der Waals surface area contributed by atoms with Crippen LogP contribution in [0.4, 0.5) is 0 Å². The SMILES string of the molecule is C=C(C)C(=O)OCCCc1cc(-c2ccc(OCC3CCC(C4CCC(CCCCC)CC4)CC3)cc2)ccc1OCC(COC(=O)CC(=C)C(=O)OC)(COC(=O)CC(=C)C(=O)OC)COC(=O)C(=C)C. The van der Waals surface area contributed by atoms with Crippen molar-refractivity contribution in [2.75, 3.05) is 53.9 Å². The normalized spacial score (nSPS) is 17.6. The van der Waals surface area contributed by atoms with Gasteiger partial charge in [0, 0.05) is 22.3 Å². The van der Waals surface area contributed by atoms with Crippen molar-refractivity contribution >= 4 is 35.8 Å². The Labute approximate surface area is 426 Å². The Morgan fingerprint density at radius 3 is 1.61 bits per heavy atom. The number of methoxy groups -OCH3 is 2. The van der Waals surface area contributed by atoms with E-state index in [1.807, 2.05) is 36.4 Å². The lowest BCUT2D eigenvalue weighted by molar-refractivity contribution is -0.163. The standard InChI is InChI=1S/C58H78O14/c1-10-11-12-14-43-16-20-45(21-17-43)46-22-18-44(19-23-46)34-68-50-27-24-47(25-28-50)48-26-29-51(49(33-48)15-13-30-67-54(61)39(2)3)69-35-58(38-72-55(62)40(4)5,36-70-52(59)31-41(6)56(63)65-8)37-71-53(60)32-42(7)57(64)66-9/h24-29,33,43-46H,2,4,6-7,10-23,30-32,34-38H2,1,3,5,8-9H3. The van der Waals surface area contributed by atoms with Crippen LogP contribution in [0.15, 0.2) is 91.1 Å². The van der Waals surface area contributed by atoms with E-state index in [9.17, 15) is 28.8 Å². The smallest absolute Gasteiger partial charge is 0.333 e. The highest BCUT2D eigenvalue weighted by molar-refractivity contribution is 5.94. The Morgan fingerprint density at radius 2 is 1.08 bits per heavy atom. The van der Waals surface area contributed by atoms with Crippen molar-refractivity contribution in [2.24, 2.45) is 29.1 Å². The first-order valence-electron chi connectivity index (χ1n) is 25.4. The molecule has 14 nitrogen and oxygen atoms in total. The fourth-order valence-corrected chi connectivity index (χ4v) is 9.23. The minimum absolute atomic E-state index is 0.0743. The number of carbonyl (C=O) groups excluding carboxylic acids is 6. The quantitative estimate of drug-likeness (QED) is 0.0313. The molecule has 0 bridgehead atoms. The molecule has 394 valence electrons. The van der Waals surface area contributed by atoms with Gasteiger partial charge in [0.05, 0.1) is 40.3 Å². The van der Waals surface area contributed by atoms with Crippen LogP contribution in [0.1, 0.15) is 123 Å². The second-order valence-electron chi connectivity index (χ2n) is 19.7. The summed E-state index contributed by atoms with van der Waals surface area (Å²) in [5, 5.41) is 0. The van der Waals surface area contributed by atoms with E-state index < -0.39 is 73.9 Å². The number of carbonyl (C=O) groups is 6. The van der Waals surface area contributed by atoms with Crippen molar-refractivity contribution in [3.05, 3.63) is 96.6 Å². The first-order chi connectivity index (χ1) is 34.5. The summed E-state index contributed by atoms with van der Waals surface area (Å²) in [6.45, 7) is 18.7. The van der Waals surface area contributed by atoms with E-state index in [4.69, 9.17) is 28.4 Å². The molecule has 4 rings (SSSR count). The Kier molecular flexibility index (Phi) is 24.3. The highest BCUT2D eigenvalue weighted by atomic mass is 16.6. The summed E-state index contributed by atoms with van der Waals surface area (Å²) in [7, 11) is 2.29. The molecule has 0 N–H and O–H groups in total. The molecule has 0 heterocycles. The third-order valence-electron chi connectivity index (χ3n) is 13.7. The van der Waals surface area contributed by atoms with E-state index >= 15 is 0 Å². The van der Waals surface area contributed by atoms with Gasteiger partial charge >= 0.3 is 35.8 Å². The van der Waals surface area contributed by atoms with Crippen molar-refractivity contribution in [1.29, 1.82) is 0 Å². The molecule has 2 saturated carbocycles. The van der Waals surface area contributed by atoms with Gasteiger partial charge in [-0.2, -0.15) is 0 Å². The Morgan fingerprint density at radius 1 is 0.569 bits per heavy atom. The van der Waals surface area contributed by atoms with Crippen LogP contribution in [0, 0.1) is 29.1 Å². The average molecular weight is 999 g/mol. The maximum atomic E-state index is 13.0. The third-order valence-corrected chi connectivity index (χ3v) is 13.7. The molecule has 0 atom stereocenters. The lowest BCUT2D eigenvalue weighted by atomic mass is 9.69. The van der Waals surface area contributed by atoms with Gasteiger partial charge < -0.3 is 37.9 Å². The van der Waals surface area contributed by atoms with Gasteiger partial charge in [0.25, 0.3) is 0 Å². The van der Waals surface area contributed by atoms with Gasteiger partial charge in [-0.3, -0.25) is 9.59 Å². The van der Waals surface area contributed by atoms with E-state index in [1.165, 1.54) is 84.0 Å². The Bertz CT molecular complexity index is 2140. The molecule has 2 aliphatic rings. The molecule has 2 aromatic carbocycles. The monoisotopic (exact) mass is 999 g/mol. The molecule has 2 aliphatic carbocycles. The van der Waals surface area contributed by atoms with E-state index in [0.717, 1.165) is 54.4 Å². The predicted octanol–water partition coefficient (Wildman–Crippen LogP) is 10.8. The van der Waals surface area contributed by atoms with Crippen LogP contribution >= 0.6 is 0 Å². The number of esters is 6. The number of hydrogen-bond donors (Lipinski definition) is 0. The van der Waals surface area contributed by atoms with Crippen LogP contribution in [-0.2, 0) is 63.6 Å². The predicted molar refractivity (Wildman–Crippen MR) is 274 cm³/mol. The summed E-state index contributed by atoms with van der Waals surface area (Å²) in [5.74, 6) is -0.232. The van der Waals surface area contributed by atoms with Crippen molar-refractivity contribution < 1.29 is 66.7 Å². The van der Waals surface area contributed by atoms with Crippen LogP contribution in [-0.4, -0.2) is 89.7 Å². The fourth-order valence-electron chi connectivity index (χ4n) is 9.23. The van der Waals surface area contributed by atoms with E-state index in [2.05, 4.69) is 42.7 Å². The zero-order valence-electron chi connectivity index (χ0n) is 43.5. The number of hydrogen-bond acceptors (Lipinski definition) is 14. The van der Waals surface area contributed by atoms with Crippen LogP contribution < -0.4 is 9.47 Å². The number of unbranched alkanes of at least 4 members (excludes halogenated alkanes) is 2. The topological polar surface area (TPSA) is 176 Å². The summed E-state index contributed by atoms with van der Waals surface area (Å²) in [4.78, 5) is 75.1. The molecular weight excluding hydrogens is 921 g/mol. The summed E-state index contributed by atoms with van der Waals surface area (Å²) >= 11 is 0. The second kappa shape index (κ2) is 30.0. The molecule has 0 aliphatic heterocycles. The van der Waals surface area contributed by atoms with E-state index in [1.54, 1.807) is 13.0 Å². The summed E-state index contributed by atoms with van der Waals surface area (Å²) < 4.78 is 44.3. The number of ether oxygens (including phenoxy) is 8. The van der Waals surface area contributed by atoms with Crippen molar-refractivity contribution in [3.63, 3.8) is 0 Å². The van der Waals surface area contributed by atoms with Gasteiger partial charge in [-0.15, -0.1) is 0 Å². The molecule has 0 amide bonds. The maximum Gasteiger partial charge on any atom is 0.333 e. The highest BCUT2D eigenvalue weighted by Gasteiger charge is 2.38. The van der Waals surface area contributed by atoms with Gasteiger partial charge in [0.1, 0.15) is 43.3 Å². The summed E-state index contributed by atoms with van der Waals surface area (Å²) in [5.41, 5.74) is 0.966. The fraction of sp³-hybridized carbons (Fsp3) is 0.552. The zero-order chi connectivity index (χ0) is 52.6. The molecule has 0 saturated heterocycles. The Hall–Kier alpha value is -6.18. The summed E-state index contributed by atoms with van der Waals surface area (Å²) in [6, 6.07) is 13.6. The lowest BCUT2D eigenvalue weighted by Gasteiger charge is -2.38. The van der Waals surface area contributed by atoms with Gasteiger partial charge in [-0.25, -0.2) is 19.2 Å². The third kappa shape index (κ3) is 19.4. The van der Waals surface area contributed by atoms with E-state index in [-0.39, 0.29) is 35.5 Å². The molecule has 2 aromatic rings. The summed E-state index contributed by atoms with van der Waals surface area (Å²) in [6.07, 6.45) is 15.9. The molecule has 0 radical (unpaired) electrons. The van der Waals surface area contributed by atoms with Gasteiger partial charge in [0.2, 0.25) is 0 Å². The van der Waals surface area contributed by atoms with Crippen LogP contribution in [0.25, 0.3) is 11.1 Å². The number of benzene rings is 2. The Balaban J connectivity index is 1.51. The molecular formula is C58H78O14. The highest BCUT2D eigenvalue weighted by Crippen LogP contribution is 2.42. The molecule has 0 aromatic heterocycles. The van der Waals surface area contributed by atoms with Crippen molar-refractivity contribution in [1.82, 2.24) is 0 Å². The van der Waals surface area contributed by atoms with Gasteiger partial charge in [-0.05, 0) is 130 Å². The van der Waals surface area contributed by atoms with Gasteiger partial charge in [0.15, 0.2) is 0 Å². The minimum atomic E-state index is -1.56. The molecule has 0 spiro atoms. The van der Waals surface area contributed by atoms with Crippen molar-refractivity contribution in [2.45, 2.75) is 124 Å². The van der Waals surface area contributed by atoms with Crippen LogP contribution in [0.2, 0.25) is 0 Å². The van der Waals surface area contributed by atoms with Gasteiger partial charge in [-0.1, -0.05) is 90.0 Å². The maximum absolute atomic E-state index is 13.0. The molecule has 2 fully saturated rings. The number of aryl methyl sites for hydroxylation is 1. The first-order valence-corrected chi connectivity index (χ1v) is 25.4. The van der Waals surface area contributed by atoms with Crippen LogP contribution in [0.5, 0.6) is 11.5 Å². The zero-order valence-corrected chi connectivity index (χ0v) is 43.5. The minimum Gasteiger partial charge on any atom is -0.493 e. The van der Waals surface area contributed by atoms with Crippen molar-refractivity contribution in [3.8, 4) is 22.6 Å². The molecule has 14 heteroatoms. The molecule has 72 heavy (non-hydrogen) atoms. The van der Waals surface area contributed by atoms with E-state index in [0.29, 0.717) is 31.1 Å². The first kappa shape index (κ1) is 58.4. The number of rotatable bonds is 30. The molecule has 0 unspecified atom stereocenters. The lowest BCUT2D eigenvalue weighted by Crippen LogP contribution is -2.44. The largest absolute Gasteiger partial charge is 0.493 e. The average Bonchev–Trinajstić information content (AvgIpc) is 3.38. The second-order valence-corrected chi connectivity index (χ2v) is 19.7. The van der Waals surface area contributed by atoms with Crippen LogP contribution in [0.3, 0.4) is 0 Å².